The van der Waals surface area contributed by atoms with Crippen molar-refractivity contribution in [1.29, 1.82) is 0 Å². The van der Waals surface area contributed by atoms with E-state index in [1.165, 1.54) is 0 Å². The average molecular weight is 517 g/mol. The van der Waals surface area contributed by atoms with Gasteiger partial charge in [0.1, 0.15) is 5.52 Å². The van der Waals surface area contributed by atoms with E-state index in [-0.39, 0.29) is 0 Å². The van der Waals surface area contributed by atoms with Crippen LogP contribution in [-0.4, -0.2) is 78.4 Å². The van der Waals surface area contributed by atoms with Gasteiger partial charge >= 0.3 is 0 Å². The van der Waals surface area contributed by atoms with E-state index in [4.69, 9.17) is 34.6 Å². The molecule has 1 amide bonds. The number of hydrogen-bond donors (Lipinski definition) is 2. The molecule has 0 bridgehead atoms. The summed E-state index contributed by atoms with van der Waals surface area (Å²) in [6, 6.07) is 13.2. The van der Waals surface area contributed by atoms with Gasteiger partial charge in [-0.15, -0.1) is 0 Å². The predicted octanol–water partition coefficient (Wildman–Crippen LogP) is 2.06. The molecule has 2 aliphatic heterocycles. The highest BCUT2D eigenvalue weighted by Crippen LogP contribution is 2.27. The van der Waals surface area contributed by atoms with Crippen molar-refractivity contribution in [2.45, 2.75) is 6.54 Å². The molecule has 2 fully saturated rings. The van der Waals surface area contributed by atoms with E-state index in [1.807, 2.05) is 30.3 Å². The van der Waals surface area contributed by atoms with Crippen molar-refractivity contribution in [1.82, 2.24) is 19.9 Å². The molecule has 2 aromatic carbocycles. The molecule has 2 saturated heterocycles. The number of rotatable bonds is 7. The van der Waals surface area contributed by atoms with Crippen LogP contribution >= 0.6 is 0 Å². The zero-order valence-corrected chi connectivity index (χ0v) is 20.8. The van der Waals surface area contributed by atoms with E-state index in [9.17, 15) is 4.79 Å². The minimum Gasteiger partial charge on any atom is -0.424 e. The quantitative estimate of drug-likeness (QED) is 0.372. The number of nitrogens with one attached hydrogen (secondary N) is 1. The van der Waals surface area contributed by atoms with Crippen molar-refractivity contribution < 1.29 is 18.7 Å². The van der Waals surface area contributed by atoms with Gasteiger partial charge in [-0.25, -0.2) is 0 Å². The fraction of sp³-hybridized carbons (Fsp3) is 0.346. The summed E-state index contributed by atoms with van der Waals surface area (Å²) < 4.78 is 16.9. The van der Waals surface area contributed by atoms with Gasteiger partial charge in [0, 0.05) is 43.9 Å². The summed E-state index contributed by atoms with van der Waals surface area (Å²) in [6.07, 6.45) is 0. The van der Waals surface area contributed by atoms with Gasteiger partial charge in [0.15, 0.2) is 11.4 Å². The normalized spacial score (nSPS) is 16.1. The molecule has 196 valence electrons. The number of carbonyl (C=O) groups excluding carboxylic acids is 1. The van der Waals surface area contributed by atoms with Crippen molar-refractivity contribution in [3.05, 3.63) is 53.6 Å². The van der Waals surface area contributed by atoms with Gasteiger partial charge in [-0.3, -0.25) is 4.79 Å². The Balaban J connectivity index is 1.26. The van der Waals surface area contributed by atoms with Crippen molar-refractivity contribution in [3.8, 4) is 11.4 Å². The lowest BCUT2D eigenvalue weighted by Crippen LogP contribution is -2.40. The molecule has 38 heavy (non-hydrogen) atoms. The zero-order valence-electron chi connectivity index (χ0n) is 20.8. The summed E-state index contributed by atoms with van der Waals surface area (Å²) >= 11 is 0. The lowest BCUT2D eigenvalue weighted by molar-refractivity contribution is 0.1000. The van der Waals surface area contributed by atoms with Gasteiger partial charge in [-0.1, -0.05) is 12.1 Å². The van der Waals surface area contributed by atoms with Crippen molar-refractivity contribution in [2.75, 3.05) is 67.7 Å². The van der Waals surface area contributed by atoms with Gasteiger partial charge in [-0.2, -0.15) is 19.9 Å². The van der Waals surface area contributed by atoms with E-state index in [1.54, 1.807) is 12.1 Å². The number of aromatic nitrogens is 4. The Bertz CT molecular complexity index is 1390. The Morgan fingerprint density at radius 3 is 2.08 bits per heavy atom. The number of oxazole rings is 1. The molecule has 2 aliphatic rings. The summed E-state index contributed by atoms with van der Waals surface area (Å²) in [5, 5.41) is 3.19. The van der Waals surface area contributed by atoms with E-state index >= 15 is 0 Å². The van der Waals surface area contributed by atoms with Gasteiger partial charge in [0.25, 0.3) is 6.01 Å². The number of amides is 1. The second kappa shape index (κ2) is 10.6. The van der Waals surface area contributed by atoms with Crippen LogP contribution in [0.4, 0.5) is 17.9 Å². The third-order valence-electron chi connectivity index (χ3n) is 6.53. The fourth-order valence-electron chi connectivity index (χ4n) is 4.40. The van der Waals surface area contributed by atoms with Gasteiger partial charge in [-0.05, 0) is 35.9 Å². The monoisotopic (exact) mass is 516 g/mol. The van der Waals surface area contributed by atoms with E-state index in [0.29, 0.717) is 73.4 Å². The highest BCUT2D eigenvalue weighted by molar-refractivity contribution is 5.92. The Hall–Kier alpha value is -4.29. The molecule has 0 radical (unpaired) electrons. The molecule has 0 aliphatic carbocycles. The summed E-state index contributed by atoms with van der Waals surface area (Å²) in [7, 11) is 0. The number of benzene rings is 2. The Labute approximate surface area is 218 Å². The highest BCUT2D eigenvalue weighted by Gasteiger charge is 2.21. The number of ether oxygens (including phenoxy) is 2. The fourth-order valence-corrected chi connectivity index (χ4v) is 4.40. The van der Waals surface area contributed by atoms with Crippen LogP contribution in [0.5, 0.6) is 0 Å². The molecule has 2 aromatic heterocycles. The first-order valence-electron chi connectivity index (χ1n) is 12.6. The maximum Gasteiger partial charge on any atom is 0.295 e. The topological polar surface area (TPSA) is 145 Å². The minimum absolute atomic E-state index is 0.398. The first-order chi connectivity index (χ1) is 18.6. The number of nitrogens with two attached hydrogens (primary N) is 1. The molecule has 0 saturated carbocycles. The predicted molar refractivity (Wildman–Crippen MR) is 141 cm³/mol. The molecule has 0 unspecified atom stereocenters. The molecule has 4 heterocycles. The third-order valence-corrected chi connectivity index (χ3v) is 6.53. The number of nitrogens with zero attached hydrogens (tertiary/aromatic N) is 6. The largest absolute Gasteiger partial charge is 0.424 e. The minimum atomic E-state index is -0.452. The highest BCUT2D eigenvalue weighted by atomic mass is 16.5. The summed E-state index contributed by atoms with van der Waals surface area (Å²) in [5.41, 5.74) is 8.91. The van der Waals surface area contributed by atoms with Crippen LogP contribution < -0.4 is 20.9 Å². The Morgan fingerprint density at radius 2 is 1.47 bits per heavy atom. The van der Waals surface area contributed by atoms with E-state index in [2.05, 4.69) is 20.1 Å². The van der Waals surface area contributed by atoms with Crippen LogP contribution in [-0.2, 0) is 16.0 Å². The second-order valence-corrected chi connectivity index (χ2v) is 9.07. The maximum atomic E-state index is 11.3. The third kappa shape index (κ3) is 5.22. The number of primary amides is 1. The SMILES string of the molecule is NC(=O)c1ccc(CNc2nc3cc(-c4nc(N5CCOCC5)nc(N5CCOCC5)n4)ccc3o2)cc1. The molecule has 3 N–H and O–H groups in total. The number of fused-ring (bicyclic) bond motifs is 1. The molecule has 0 spiro atoms. The number of anilines is 3. The first kappa shape index (κ1) is 24.1. The molecule has 12 nitrogen and oxygen atoms in total. The maximum absolute atomic E-state index is 11.3. The van der Waals surface area contributed by atoms with E-state index in [0.717, 1.165) is 37.3 Å². The van der Waals surface area contributed by atoms with Crippen molar-refractivity contribution >= 4 is 34.9 Å². The van der Waals surface area contributed by atoms with Crippen LogP contribution in [0.25, 0.3) is 22.5 Å². The van der Waals surface area contributed by atoms with Crippen LogP contribution in [0, 0.1) is 0 Å². The number of carbonyl (C=O) groups is 1. The molecule has 0 atom stereocenters. The van der Waals surface area contributed by atoms with Crippen molar-refractivity contribution in [3.63, 3.8) is 0 Å². The van der Waals surface area contributed by atoms with Gasteiger partial charge < -0.3 is 34.7 Å². The number of hydrogen-bond acceptors (Lipinski definition) is 11. The summed E-state index contributed by atoms with van der Waals surface area (Å²) in [4.78, 5) is 34.6. The molecule has 12 heteroatoms. The first-order valence-corrected chi connectivity index (χ1v) is 12.6. The Morgan fingerprint density at radius 1 is 0.842 bits per heavy atom. The second-order valence-electron chi connectivity index (χ2n) is 9.07. The Kier molecular flexibility index (Phi) is 6.71. The van der Waals surface area contributed by atoms with Crippen LogP contribution in [0.1, 0.15) is 15.9 Å². The van der Waals surface area contributed by atoms with E-state index < -0.39 is 5.91 Å². The van der Waals surface area contributed by atoms with Crippen LogP contribution in [0.15, 0.2) is 46.9 Å². The van der Waals surface area contributed by atoms with Crippen LogP contribution in [0.2, 0.25) is 0 Å². The standard InChI is InChI=1S/C26H28N8O4/c27-22(35)18-3-1-17(2-4-18)16-28-26-29-20-15-19(5-6-21(20)38-26)23-30-24(33-7-11-36-12-8-33)32-25(31-23)34-9-13-37-14-10-34/h1-6,15H,7-14,16H2,(H2,27,35)(H,28,29). The molecule has 6 rings (SSSR count). The molecular weight excluding hydrogens is 488 g/mol. The lowest BCUT2D eigenvalue weighted by Gasteiger charge is -2.30. The lowest BCUT2D eigenvalue weighted by atomic mass is 10.1. The van der Waals surface area contributed by atoms with Crippen molar-refractivity contribution in [2.24, 2.45) is 5.73 Å². The molecule has 4 aromatic rings. The summed E-state index contributed by atoms with van der Waals surface area (Å²) in [5.74, 6) is 1.41. The summed E-state index contributed by atoms with van der Waals surface area (Å²) in [6.45, 7) is 5.98. The van der Waals surface area contributed by atoms with Crippen LogP contribution in [0.3, 0.4) is 0 Å². The van der Waals surface area contributed by atoms with Gasteiger partial charge in [0.2, 0.25) is 17.8 Å². The van der Waals surface area contributed by atoms with Gasteiger partial charge in [0.05, 0.1) is 26.4 Å². The molecular formula is C26H28N8O4. The smallest absolute Gasteiger partial charge is 0.295 e. The zero-order chi connectivity index (χ0) is 25.9. The average Bonchev–Trinajstić information content (AvgIpc) is 3.39. The number of morpholine rings is 2.